The molecule has 0 spiro atoms. The predicted octanol–water partition coefficient (Wildman–Crippen LogP) is 2.70. The molecule has 0 saturated heterocycles. The molecular weight excluding hydrogens is 252 g/mol. The molecule has 4 nitrogen and oxygen atoms in total. The zero-order valence-corrected chi connectivity index (χ0v) is 11.5. The summed E-state index contributed by atoms with van der Waals surface area (Å²) in [6.45, 7) is 4.17. The summed E-state index contributed by atoms with van der Waals surface area (Å²) in [4.78, 5) is 4.14. The second-order valence-corrected chi connectivity index (χ2v) is 4.87. The van der Waals surface area contributed by atoms with Gasteiger partial charge in [-0.1, -0.05) is 12.1 Å². The highest BCUT2D eigenvalue weighted by molar-refractivity contribution is 5.43. The summed E-state index contributed by atoms with van der Waals surface area (Å²) in [6, 6.07) is 10.4. The molecule has 2 aromatic rings. The molecule has 0 saturated carbocycles. The van der Waals surface area contributed by atoms with Crippen LogP contribution in [0.3, 0.4) is 0 Å². The van der Waals surface area contributed by atoms with Crippen molar-refractivity contribution < 1.29 is 9.47 Å². The van der Waals surface area contributed by atoms with Gasteiger partial charge in [0.15, 0.2) is 11.5 Å². The number of hydrogen-bond acceptors (Lipinski definition) is 4. The summed E-state index contributed by atoms with van der Waals surface area (Å²) in [7, 11) is 0. The lowest BCUT2D eigenvalue weighted by Crippen LogP contribution is -2.19. The Morgan fingerprint density at radius 1 is 1.20 bits per heavy atom. The second-order valence-electron chi connectivity index (χ2n) is 4.87. The number of ether oxygens (including phenoxy) is 2. The molecule has 2 heterocycles. The van der Waals surface area contributed by atoms with Crippen LogP contribution in [0.4, 0.5) is 0 Å². The number of nitrogens with one attached hydrogen (secondary N) is 1. The van der Waals surface area contributed by atoms with E-state index in [4.69, 9.17) is 9.47 Å². The molecule has 0 fully saturated rings. The van der Waals surface area contributed by atoms with Crippen LogP contribution in [-0.4, -0.2) is 18.2 Å². The van der Waals surface area contributed by atoms with Crippen molar-refractivity contribution in [1.29, 1.82) is 0 Å². The topological polar surface area (TPSA) is 43.4 Å². The SMILES string of the molecule is CC(NCc1ccc2c(c1)OCCO2)c1cccnc1. The minimum Gasteiger partial charge on any atom is -0.486 e. The highest BCUT2D eigenvalue weighted by Crippen LogP contribution is 2.30. The molecule has 20 heavy (non-hydrogen) atoms. The Morgan fingerprint density at radius 3 is 2.85 bits per heavy atom. The maximum atomic E-state index is 5.59. The number of nitrogens with zero attached hydrogens (tertiary/aromatic N) is 1. The molecule has 1 aliphatic rings. The summed E-state index contributed by atoms with van der Waals surface area (Å²) < 4.78 is 11.1. The van der Waals surface area contributed by atoms with Gasteiger partial charge in [0.05, 0.1) is 0 Å². The molecule has 0 aliphatic carbocycles. The largest absolute Gasteiger partial charge is 0.486 e. The van der Waals surface area contributed by atoms with Crippen molar-refractivity contribution >= 4 is 0 Å². The number of aromatic nitrogens is 1. The van der Waals surface area contributed by atoms with E-state index in [0.29, 0.717) is 13.2 Å². The van der Waals surface area contributed by atoms with Crippen molar-refractivity contribution in [2.45, 2.75) is 19.5 Å². The summed E-state index contributed by atoms with van der Waals surface area (Å²) in [6.07, 6.45) is 3.68. The summed E-state index contributed by atoms with van der Waals surface area (Å²) >= 11 is 0. The molecule has 1 aromatic heterocycles. The highest BCUT2D eigenvalue weighted by Gasteiger charge is 2.12. The fourth-order valence-electron chi connectivity index (χ4n) is 2.22. The van der Waals surface area contributed by atoms with Crippen molar-refractivity contribution in [3.8, 4) is 11.5 Å². The van der Waals surface area contributed by atoms with Crippen molar-refractivity contribution in [2.24, 2.45) is 0 Å². The maximum Gasteiger partial charge on any atom is 0.161 e. The van der Waals surface area contributed by atoms with Crippen LogP contribution in [0.2, 0.25) is 0 Å². The van der Waals surface area contributed by atoms with E-state index in [0.717, 1.165) is 18.0 Å². The molecule has 0 bridgehead atoms. The van der Waals surface area contributed by atoms with Crippen molar-refractivity contribution in [2.75, 3.05) is 13.2 Å². The number of benzene rings is 1. The lowest BCUT2D eigenvalue weighted by atomic mass is 10.1. The van der Waals surface area contributed by atoms with Gasteiger partial charge in [-0.25, -0.2) is 0 Å². The van der Waals surface area contributed by atoms with E-state index < -0.39 is 0 Å². The van der Waals surface area contributed by atoms with Crippen LogP contribution in [0.25, 0.3) is 0 Å². The number of hydrogen-bond donors (Lipinski definition) is 1. The summed E-state index contributed by atoms with van der Waals surface area (Å²) in [5.74, 6) is 1.67. The Morgan fingerprint density at radius 2 is 2.05 bits per heavy atom. The first kappa shape index (κ1) is 12.9. The highest BCUT2D eigenvalue weighted by atomic mass is 16.6. The zero-order valence-electron chi connectivity index (χ0n) is 11.5. The summed E-state index contributed by atoms with van der Waals surface area (Å²) in [5.41, 5.74) is 2.37. The lowest BCUT2D eigenvalue weighted by molar-refractivity contribution is 0.171. The summed E-state index contributed by atoms with van der Waals surface area (Å²) in [5, 5.41) is 3.49. The molecule has 4 heteroatoms. The third-order valence-electron chi connectivity index (χ3n) is 3.40. The zero-order chi connectivity index (χ0) is 13.8. The predicted molar refractivity (Wildman–Crippen MR) is 76.9 cm³/mol. The molecule has 3 rings (SSSR count). The van der Waals surface area contributed by atoms with Gasteiger partial charge in [0.25, 0.3) is 0 Å². The first-order chi connectivity index (χ1) is 9.83. The van der Waals surface area contributed by atoms with Gasteiger partial charge in [-0.2, -0.15) is 0 Å². The van der Waals surface area contributed by atoms with Crippen LogP contribution in [0.5, 0.6) is 11.5 Å². The van der Waals surface area contributed by atoms with Crippen LogP contribution < -0.4 is 14.8 Å². The molecular formula is C16H18N2O2. The van der Waals surface area contributed by atoms with Gasteiger partial charge in [-0.3, -0.25) is 4.98 Å². The first-order valence-corrected chi connectivity index (χ1v) is 6.85. The Labute approximate surface area is 118 Å². The molecule has 104 valence electrons. The Hall–Kier alpha value is -2.07. The van der Waals surface area contributed by atoms with E-state index in [9.17, 15) is 0 Å². The lowest BCUT2D eigenvalue weighted by Gasteiger charge is -2.19. The molecule has 1 atom stereocenters. The average molecular weight is 270 g/mol. The Bertz CT molecular complexity index is 572. The monoisotopic (exact) mass is 270 g/mol. The smallest absolute Gasteiger partial charge is 0.161 e. The average Bonchev–Trinajstić information content (AvgIpc) is 2.53. The maximum absolute atomic E-state index is 5.59. The standard InChI is InChI=1S/C16H18N2O2/c1-12(14-3-2-6-17-11-14)18-10-13-4-5-15-16(9-13)20-8-7-19-15/h2-6,9,11-12,18H,7-8,10H2,1H3. The van der Waals surface area contributed by atoms with Gasteiger partial charge >= 0.3 is 0 Å². The van der Waals surface area contributed by atoms with E-state index in [1.54, 1.807) is 6.20 Å². The van der Waals surface area contributed by atoms with E-state index in [1.165, 1.54) is 11.1 Å². The Kier molecular flexibility index (Phi) is 3.83. The fraction of sp³-hybridized carbons (Fsp3) is 0.312. The van der Waals surface area contributed by atoms with Crippen LogP contribution >= 0.6 is 0 Å². The molecule has 1 aromatic carbocycles. The van der Waals surface area contributed by atoms with E-state index in [-0.39, 0.29) is 6.04 Å². The van der Waals surface area contributed by atoms with Crippen molar-refractivity contribution in [3.05, 3.63) is 53.9 Å². The van der Waals surface area contributed by atoms with E-state index >= 15 is 0 Å². The van der Waals surface area contributed by atoms with Gasteiger partial charge in [0.1, 0.15) is 13.2 Å². The third kappa shape index (κ3) is 2.91. The van der Waals surface area contributed by atoms with Crippen molar-refractivity contribution in [1.82, 2.24) is 10.3 Å². The van der Waals surface area contributed by atoms with Gasteiger partial charge < -0.3 is 14.8 Å². The van der Waals surface area contributed by atoms with E-state index in [2.05, 4.69) is 29.4 Å². The van der Waals surface area contributed by atoms with Crippen LogP contribution in [0, 0.1) is 0 Å². The molecule has 1 N–H and O–H groups in total. The van der Waals surface area contributed by atoms with Gasteiger partial charge in [0.2, 0.25) is 0 Å². The van der Waals surface area contributed by atoms with Crippen LogP contribution in [0.15, 0.2) is 42.7 Å². The normalized spacial score (nSPS) is 14.8. The quantitative estimate of drug-likeness (QED) is 0.927. The number of pyridine rings is 1. The minimum atomic E-state index is 0.261. The molecule has 0 amide bonds. The molecule has 0 radical (unpaired) electrons. The minimum absolute atomic E-state index is 0.261. The second kappa shape index (κ2) is 5.92. The van der Waals surface area contributed by atoms with Crippen molar-refractivity contribution in [3.63, 3.8) is 0 Å². The first-order valence-electron chi connectivity index (χ1n) is 6.85. The van der Waals surface area contributed by atoms with Gasteiger partial charge in [-0.15, -0.1) is 0 Å². The van der Waals surface area contributed by atoms with Crippen LogP contribution in [0.1, 0.15) is 24.1 Å². The fourth-order valence-corrected chi connectivity index (χ4v) is 2.22. The number of rotatable bonds is 4. The van der Waals surface area contributed by atoms with Gasteiger partial charge in [0, 0.05) is 25.0 Å². The van der Waals surface area contributed by atoms with Gasteiger partial charge in [-0.05, 0) is 36.2 Å². The molecule has 1 unspecified atom stereocenters. The van der Waals surface area contributed by atoms with Crippen LogP contribution in [-0.2, 0) is 6.54 Å². The third-order valence-corrected chi connectivity index (χ3v) is 3.40. The van der Waals surface area contributed by atoms with E-state index in [1.807, 2.05) is 24.4 Å². The molecule has 1 aliphatic heterocycles. The Balaban J connectivity index is 1.64. The number of fused-ring (bicyclic) bond motifs is 1.